The largest absolute Gasteiger partial charge is 0.0869 e. The fourth-order valence-electron chi connectivity index (χ4n) is 0.525. The van der Waals surface area contributed by atoms with Crippen LogP contribution < -0.4 is 0 Å². The molecular formula is C6H11Br3. The van der Waals surface area contributed by atoms with E-state index in [0.717, 1.165) is 0 Å². The molecule has 1 atom stereocenters. The smallest absolute Gasteiger partial charge is 0.0822 e. The number of halogens is 3. The lowest BCUT2D eigenvalue weighted by molar-refractivity contribution is 0.718. The zero-order chi connectivity index (χ0) is 7.28. The maximum absolute atomic E-state index is 3.55. The van der Waals surface area contributed by atoms with Crippen molar-refractivity contribution in [2.45, 2.75) is 34.7 Å². The minimum Gasteiger partial charge on any atom is -0.0869 e. The van der Waals surface area contributed by atoms with Crippen molar-refractivity contribution >= 4 is 47.8 Å². The summed E-state index contributed by atoms with van der Waals surface area (Å²) < 4.78 is 0.413. The predicted molar refractivity (Wildman–Crippen MR) is 53.9 cm³/mol. The highest BCUT2D eigenvalue weighted by Gasteiger charge is 2.09. The summed E-state index contributed by atoms with van der Waals surface area (Å²) in [6.07, 6.45) is 3.80. The van der Waals surface area contributed by atoms with Gasteiger partial charge in [0.05, 0.1) is 3.74 Å². The quantitative estimate of drug-likeness (QED) is 0.685. The van der Waals surface area contributed by atoms with Crippen LogP contribution in [0.2, 0.25) is 0 Å². The van der Waals surface area contributed by atoms with E-state index in [1.54, 1.807) is 0 Å². The van der Waals surface area contributed by atoms with Crippen LogP contribution in [0.5, 0.6) is 0 Å². The maximum atomic E-state index is 3.55. The molecular weight excluding hydrogens is 312 g/mol. The van der Waals surface area contributed by atoms with Crippen LogP contribution in [0.25, 0.3) is 0 Å². The molecule has 0 aromatic carbocycles. The highest BCUT2D eigenvalue weighted by Crippen LogP contribution is 2.24. The molecule has 0 aromatic heterocycles. The van der Waals surface area contributed by atoms with E-state index in [1.165, 1.54) is 19.3 Å². The Hall–Kier alpha value is 1.44. The average Bonchev–Trinajstić information content (AvgIpc) is 1.82. The number of hydrogen-bond acceptors (Lipinski definition) is 0. The summed E-state index contributed by atoms with van der Waals surface area (Å²) in [4.78, 5) is 0.567. The Morgan fingerprint density at radius 1 is 1.22 bits per heavy atom. The zero-order valence-electron chi connectivity index (χ0n) is 5.41. The molecule has 0 fully saturated rings. The van der Waals surface area contributed by atoms with Gasteiger partial charge in [-0.05, 0) is 6.42 Å². The van der Waals surface area contributed by atoms with Gasteiger partial charge < -0.3 is 0 Å². The third kappa shape index (κ3) is 5.86. The molecule has 0 nitrogen and oxygen atoms in total. The van der Waals surface area contributed by atoms with Crippen LogP contribution in [0.3, 0.4) is 0 Å². The van der Waals surface area contributed by atoms with Gasteiger partial charge in [0, 0.05) is 4.83 Å². The van der Waals surface area contributed by atoms with Gasteiger partial charge >= 0.3 is 0 Å². The molecule has 1 unspecified atom stereocenters. The molecule has 0 N–H and O–H groups in total. The third-order valence-electron chi connectivity index (χ3n) is 1.11. The average molecular weight is 323 g/mol. The molecule has 0 amide bonds. The summed E-state index contributed by atoms with van der Waals surface area (Å²) >= 11 is 10.4. The van der Waals surface area contributed by atoms with Gasteiger partial charge in [0.15, 0.2) is 0 Å². The predicted octanol–water partition coefficient (Wildman–Crippen LogP) is 4.06. The molecule has 0 saturated heterocycles. The van der Waals surface area contributed by atoms with Gasteiger partial charge in [0.1, 0.15) is 0 Å². The molecule has 56 valence electrons. The Morgan fingerprint density at radius 3 is 2.11 bits per heavy atom. The molecule has 0 spiro atoms. The van der Waals surface area contributed by atoms with E-state index < -0.39 is 0 Å². The first kappa shape index (κ1) is 10.4. The first-order valence-electron chi connectivity index (χ1n) is 3.10. The van der Waals surface area contributed by atoms with E-state index >= 15 is 0 Å². The SMILES string of the molecule is CCCCC(Br)C(Br)Br. The first-order chi connectivity index (χ1) is 4.18. The van der Waals surface area contributed by atoms with Gasteiger partial charge in [0.2, 0.25) is 0 Å². The Balaban J connectivity index is 3.16. The van der Waals surface area contributed by atoms with Crippen LogP contribution in [0.15, 0.2) is 0 Å². The summed E-state index contributed by atoms with van der Waals surface area (Å²) in [7, 11) is 0. The van der Waals surface area contributed by atoms with Crippen LogP contribution in [-0.2, 0) is 0 Å². The number of alkyl halides is 3. The Kier molecular flexibility index (Phi) is 7.16. The number of rotatable bonds is 4. The van der Waals surface area contributed by atoms with Crippen molar-refractivity contribution in [2.24, 2.45) is 0 Å². The van der Waals surface area contributed by atoms with E-state index in [2.05, 4.69) is 54.7 Å². The number of hydrogen-bond donors (Lipinski definition) is 0. The zero-order valence-corrected chi connectivity index (χ0v) is 10.2. The molecule has 0 rings (SSSR count). The van der Waals surface area contributed by atoms with Crippen LogP contribution >= 0.6 is 47.8 Å². The van der Waals surface area contributed by atoms with Crippen molar-refractivity contribution in [1.82, 2.24) is 0 Å². The lowest BCUT2D eigenvalue weighted by atomic mass is 10.2. The molecule has 0 aromatic rings. The molecule has 0 aliphatic rings. The molecule has 0 bridgehead atoms. The van der Waals surface area contributed by atoms with Crippen molar-refractivity contribution in [3.63, 3.8) is 0 Å². The summed E-state index contributed by atoms with van der Waals surface area (Å²) in [6, 6.07) is 0. The molecule has 0 aliphatic heterocycles. The van der Waals surface area contributed by atoms with Crippen LogP contribution in [-0.4, -0.2) is 8.56 Å². The fraction of sp³-hybridized carbons (Fsp3) is 1.00. The highest BCUT2D eigenvalue weighted by atomic mass is 79.9. The molecule has 0 heterocycles. The van der Waals surface area contributed by atoms with Crippen molar-refractivity contribution in [1.29, 1.82) is 0 Å². The highest BCUT2D eigenvalue weighted by molar-refractivity contribution is 9.25. The molecule has 3 heteroatoms. The van der Waals surface area contributed by atoms with Crippen LogP contribution in [0.1, 0.15) is 26.2 Å². The van der Waals surface area contributed by atoms with Crippen molar-refractivity contribution in [2.75, 3.05) is 0 Å². The minimum atomic E-state index is 0.413. The summed E-state index contributed by atoms with van der Waals surface area (Å²) in [5, 5.41) is 0. The normalized spacial score (nSPS) is 14.3. The van der Waals surface area contributed by atoms with Crippen molar-refractivity contribution in [3.8, 4) is 0 Å². The second kappa shape index (κ2) is 6.17. The summed E-state index contributed by atoms with van der Waals surface area (Å²) in [5.74, 6) is 0. The van der Waals surface area contributed by atoms with Crippen molar-refractivity contribution in [3.05, 3.63) is 0 Å². The van der Waals surface area contributed by atoms with Gasteiger partial charge in [-0.25, -0.2) is 0 Å². The standard InChI is InChI=1S/C6H11Br3/c1-2-3-4-5(7)6(8)9/h5-6H,2-4H2,1H3. The van der Waals surface area contributed by atoms with Crippen LogP contribution in [0, 0.1) is 0 Å². The lowest BCUT2D eigenvalue weighted by Gasteiger charge is -2.08. The first-order valence-corrected chi connectivity index (χ1v) is 5.85. The second-order valence-corrected chi connectivity index (χ2v) is 6.37. The van der Waals surface area contributed by atoms with Crippen LogP contribution in [0.4, 0.5) is 0 Å². The minimum absolute atomic E-state index is 0.413. The van der Waals surface area contributed by atoms with E-state index in [0.29, 0.717) is 8.56 Å². The summed E-state index contributed by atoms with van der Waals surface area (Å²) in [6.45, 7) is 2.21. The lowest BCUT2D eigenvalue weighted by Crippen LogP contribution is -2.05. The number of unbranched alkanes of at least 4 members (excludes halogenated alkanes) is 1. The van der Waals surface area contributed by atoms with Crippen molar-refractivity contribution < 1.29 is 0 Å². The van der Waals surface area contributed by atoms with Gasteiger partial charge in [-0.1, -0.05) is 67.6 Å². The fourth-order valence-corrected chi connectivity index (χ4v) is 1.38. The van der Waals surface area contributed by atoms with Gasteiger partial charge in [-0.15, -0.1) is 0 Å². The molecule has 0 saturated carbocycles. The molecule has 9 heavy (non-hydrogen) atoms. The van der Waals surface area contributed by atoms with Gasteiger partial charge in [-0.3, -0.25) is 0 Å². The van der Waals surface area contributed by atoms with E-state index in [4.69, 9.17) is 0 Å². The van der Waals surface area contributed by atoms with E-state index in [1.807, 2.05) is 0 Å². The Labute approximate surface area is 82.2 Å². The maximum Gasteiger partial charge on any atom is 0.0822 e. The second-order valence-electron chi connectivity index (χ2n) is 1.99. The van der Waals surface area contributed by atoms with Gasteiger partial charge in [0.25, 0.3) is 0 Å². The topological polar surface area (TPSA) is 0 Å². The third-order valence-corrected chi connectivity index (χ3v) is 4.79. The molecule has 0 aliphatic carbocycles. The van der Waals surface area contributed by atoms with E-state index in [9.17, 15) is 0 Å². The monoisotopic (exact) mass is 320 g/mol. The van der Waals surface area contributed by atoms with Gasteiger partial charge in [-0.2, -0.15) is 0 Å². The van der Waals surface area contributed by atoms with E-state index in [-0.39, 0.29) is 0 Å². The molecule has 0 radical (unpaired) electrons. The Morgan fingerprint density at radius 2 is 1.78 bits per heavy atom. The summed E-state index contributed by atoms with van der Waals surface area (Å²) in [5.41, 5.74) is 0. The Bertz CT molecular complexity index is 63.3.